The number of aromatic nitrogens is 2. The van der Waals surface area contributed by atoms with Crippen LogP contribution in [0.5, 0.6) is 0 Å². The van der Waals surface area contributed by atoms with E-state index in [9.17, 15) is 13.2 Å². The molecule has 0 unspecified atom stereocenters. The van der Waals surface area contributed by atoms with Gasteiger partial charge in [0.25, 0.3) is 10.0 Å². The average molecular weight is 446 g/mol. The highest BCUT2D eigenvalue weighted by atomic mass is 32.2. The summed E-state index contributed by atoms with van der Waals surface area (Å²) < 4.78 is 33.7. The van der Waals surface area contributed by atoms with E-state index in [0.29, 0.717) is 22.3 Å². The second-order valence-electron chi connectivity index (χ2n) is 7.65. The van der Waals surface area contributed by atoms with Gasteiger partial charge in [0.1, 0.15) is 13.1 Å². The Bertz CT molecular complexity index is 1140. The molecule has 2 aromatic heterocycles. The number of aldehydes is 1. The van der Waals surface area contributed by atoms with Crippen molar-refractivity contribution in [1.82, 2.24) is 9.97 Å². The number of methoxy groups -OCH3 is 1. The molecule has 0 aliphatic carbocycles. The molecule has 0 fully saturated rings. The molecule has 0 saturated heterocycles. The number of rotatable bonds is 7. The van der Waals surface area contributed by atoms with Crippen LogP contribution in [0.3, 0.4) is 0 Å². The molecule has 30 heavy (non-hydrogen) atoms. The smallest absolute Gasteiger partial charge is 0.266 e. The largest absolute Gasteiger partial charge is 0.363 e. The van der Waals surface area contributed by atoms with Crippen LogP contribution in [0.15, 0.2) is 53.3 Å². The number of hydrogen-bond donors (Lipinski definition) is 0. The first-order chi connectivity index (χ1) is 14.2. The SMILES string of the molecule is COCN(c1ccsc1C=O)S(=O)(=O)c1ccc(C(C)(C)C)cc1-c1cncnc1. The standard InChI is InChI=1S/C21H23N3O4S2/c1-21(2,3)16-5-6-20(17(9-16)15-10-22-13-23-11-15)30(26,27)24(14-28-4)18-7-8-29-19(18)12-25/h5-13H,14H2,1-4H3. The van der Waals surface area contributed by atoms with Gasteiger partial charge in [0, 0.05) is 30.6 Å². The lowest BCUT2D eigenvalue weighted by Gasteiger charge is -2.26. The maximum Gasteiger partial charge on any atom is 0.266 e. The van der Waals surface area contributed by atoms with E-state index in [1.54, 1.807) is 36.0 Å². The summed E-state index contributed by atoms with van der Waals surface area (Å²) in [4.78, 5) is 19.9. The van der Waals surface area contributed by atoms with Crippen molar-refractivity contribution in [1.29, 1.82) is 0 Å². The molecule has 0 radical (unpaired) electrons. The molecule has 0 N–H and O–H groups in total. The van der Waals surface area contributed by atoms with Crippen molar-refractivity contribution in [2.45, 2.75) is 31.1 Å². The number of hydrogen-bond acceptors (Lipinski definition) is 7. The van der Waals surface area contributed by atoms with Gasteiger partial charge in [0.05, 0.1) is 15.5 Å². The maximum atomic E-state index is 13.7. The number of benzene rings is 1. The van der Waals surface area contributed by atoms with Gasteiger partial charge in [-0.1, -0.05) is 26.8 Å². The van der Waals surface area contributed by atoms with Gasteiger partial charge in [-0.2, -0.15) is 0 Å². The van der Waals surface area contributed by atoms with Gasteiger partial charge in [0.2, 0.25) is 0 Å². The Morgan fingerprint density at radius 2 is 1.87 bits per heavy atom. The number of carbonyl (C=O) groups is 1. The fraction of sp³-hybridized carbons (Fsp3) is 0.286. The fourth-order valence-electron chi connectivity index (χ4n) is 3.00. The number of thiophene rings is 1. The van der Waals surface area contributed by atoms with E-state index >= 15 is 0 Å². The molecule has 0 atom stereocenters. The van der Waals surface area contributed by atoms with E-state index < -0.39 is 10.0 Å². The van der Waals surface area contributed by atoms with Gasteiger partial charge >= 0.3 is 0 Å². The van der Waals surface area contributed by atoms with Gasteiger partial charge in [-0.25, -0.2) is 22.7 Å². The van der Waals surface area contributed by atoms with Crippen LogP contribution in [-0.4, -0.2) is 38.5 Å². The van der Waals surface area contributed by atoms with Crippen LogP contribution in [0.25, 0.3) is 11.1 Å². The zero-order valence-electron chi connectivity index (χ0n) is 17.2. The van der Waals surface area contributed by atoms with E-state index in [1.165, 1.54) is 24.8 Å². The van der Waals surface area contributed by atoms with Crippen LogP contribution in [0, 0.1) is 0 Å². The summed E-state index contributed by atoms with van der Waals surface area (Å²) in [6, 6.07) is 6.85. The van der Waals surface area contributed by atoms with Crippen LogP contribution in [-0.2, 0) is 20.2 Å². The van der Waals surface area contributed by atoms with E-state index in [0.717, 1.165) is 9.87 Å². The summed E-state index contributed by atoms with van der Waals surface area (Å²) in [5.41, 5.74) is 2.15. The van der Waals surface area contributed by atoms with Gasteiger partial charge in [-0.3, -0.25) is 4.79 Å². The Kier molecular flexibility index (Phi) is 6.35. The number of anilines is 1. The van der Waals surface area contributed by atoms with Crippen LogP contribution >= 0.6 is 11.3 Å². The Morgan fingerprint density at radius 1 is 1.17 bits per heavy atom. The maximum absolute atomic E-state index is 13.7. The molecular weight excluding hydrogens is 422 g/mol. The van der Waals surface area contributed by atoms with E-state index in [4.69, 9.17) is 4.74 Å². The van der Waals surface area contributed by atoms with Crippen molar-refractivity contribution in [2.24, 2.45) is 0 Å². The lowest BCUT2D eigenvalue weighted by Crippen LogP contribution is -2.33. The fourth-order valence-corrected chi connectivity index (χ4v) is 5.35. The Balaban J connectivity index is 2.25. The molecule has 0 bridgehead atoms. The van der Waals surface area contributed by atoms with Crippen molar-refractivity contribution in [2.75, 3.05) is 18.1 Å². The highest BCUT2D eigenvalue weighted by Crippen LogP contribution is 2.36. The second kappa shape index (κ2) is 8.63. The first-order valence-corrected chi connectivity index (χ1v) is 11.5. The molecule has 0 aliphatic heterocycles. The lowest BCUT2D eigenvalue weighted by molar-refractivity contribution is 0.112. The molecule has 0 spiro atoms. The minimum absolute atomic E-state index is 0.0883. The molecule has 7 nitrogen and oxygen atoms in total. The third-order valence-electron chi connectivity index (χ3n) is 4.58. The predicted molar refractivity (Wildman–Crippen MR) is 117 cm³/mol. The van der Waals surface area contributed by atoms with Crippen molar-refractivity contribution in [3.63, 3.8) is 0 Å². The van der Waals surface area contributed by atoms with E-state index in [1.807, 2.05) is 6.07 Å². The van der Waals surface area contributed by atoms with Crippen molar-refractivity contribution in [3.8, 4) is 11.1 Å². The molecule has 1 aromatic carbocycles. The summed E-state index contributed by atoms with van der Waals surface area (Å²) in [5, 5.41) is 1.67. The Hall–Kier alpha value is -2.62. The highest BCUT2D eigenvalue weighted by Gasteiger charge is 2.31. The quantitative estimate of drug-likeness (QED) is 0.402. The van der Waals surface area contributed by atoms with Gasteiger partial charge in [0.15, 0.2) is 6.29 Å². The average Bonchev–Trinajstić information content (AvgIpc) is 3.19. The third kappa shape index (κ3) is 4.28. The molecule has 3 aromatic rings. The Labute approximate surface area is 180 Å². The first-order valence-electron chi connectivity index (χ1n) is 9.14. The summed E-state index contributed by atoms with van der Waals surface area (Å²) in [6.07, 6.45) is 5.20. The monoisotopic (exact) mass is 445 g/mol. The normalized spacial score (nSPS) is 12.0. The topological polar surface area (TPSA) is 89.5 Å². The number of sulfonamides is 1. The van der Waals surface area contributed by atoms with E-state index in [2.05, 4.69) is 30.7 Å². The first kappa shape index (κ1) is 22.1. The van der Waals surface area contributed by atoms with Crippen molar-refractivity contribution < 1.29 is 17.9 Å². The predicted octanol–water partition coefficient (Wildman–Crippen LogP) is 4.11. The summed E-state index contributed by atoms with van der Waals surface area (Å²) >= 11 is 1.17. The molecule has 9 heteroatoms. The van der Waals surface area contributed by atoms with Crippen LogP contribution < -0.4 is 4.31 Å². The zero-order valence-corrected chi connectivity index (χ0v) is 18.8. The molecular formula is C21H23N3O4S2. The van der Waals surface area contributed by atoms with Crippen LogP contribution in [0.4, 0.5) is 5.69 Å². The molecule has 158 valence electrons. The number of nitrogens with zero attached hydrogens (tertiary/aromatic N) is 3. The number of carbonyl (C=O) groups excluding carboxylic acids is 1. The molecule has 2 heterocycles. The molecule has 3 rings (SSSR count). The van der Waals surface area contributed by atoms with Gasteiger partial charge in [-0.15, -0.1) is 11.3 Å². The summed E-state index contributed by atoms with van der Waals surface area (Å²) in [6.45, 7) is 5.94. The van der Waals surface area contributed by atoms with E-state index in [-0.39, 0.29) is 22.7 Å². The van der Waals surface area contributed by atoms with Gasteiger partial charge < -0.3 is 4.74 Å². The molecule has 0 aliphatic rings. The molecule has 0 saturated carbocycles. The third-order valence-corrected chi connectivity index (χ3v) is 7.21. The van der Waals surface area contributed by atoms with Crippen molar-refractivity contribution in [3.05, 3.63) is 58.8 Å². The summed E-state index contributed by atoms with van der Waals surface area (Å²) in [5.74, 6) is 0. The Morgan fingerprint density at radius 3 is 2.47 bits per heavy atom. The van der Waals surface area contributed by atoms with Crippen molar-refractivity contribution >= 4 is 33.3 Å². The number of ether oxygens (including phenoxy) is 1. The second-order valence-corrected chi connectivity index (χ2v) is 10.4. The van der Waals surface area contributed by atoms with Crippen LogP contribution in [0.2, 0.25) is 0 Å². The highest BCUT2D eigenvalue weighted by molar-refractivity contribution is 7.93. The molecule has 0 amide bonds. The zero-order chi connectivity index (χ0) is 21.9. The van der Waals surface area contributed by atoms with Crippen LogP contribution in [0.1, 0.15) is 36.0 Å². The lowest BCUT2D eigenvalue weighted by atomic mass is 9.85. The minimum Gasteiger partial charge on any atom is -0.363 e. The van der Waals surface area contributed by atoms with Gasteiger partial charge in [-0.05, 0) is 34.6 Å². The summed E-state index contributed by atoms with van der Waals surface area (Å²) in [7, 11) is -2.65. The minimum atomic E-state index is -4.06.